The molecule has 0 aliphatic carbocycles. The monoisotopic (exact) mass is 393 g/mol. The van der Waals surface area contributed by atoms with Crippen molar-refractivity contribution >= 4 is 28.0 Å². The third kappa shape index (κ3) is 3.59. The first-order valence-electron chi connectivity index (χ1n) is 7.77. The predicted molar refractivity (Wildman–Crippen MR) is 91.0 cm³/mol. The molecule has 0 saturated carbocycles. The van der Waals surface area contributed by atoms with E-state index < -0.39 is 45.7 Å². The molecular weight excluding hydrogens is 380 g/mol. The highest BCUT2D eigenvalue weighted by molar-refractivity contribution is 7.90. The standard InChI is InChI=1S/C18H13F2NO5S/c19-14-5-3-6-15(20)12(14)8-9-17(22)26-11-10-21-18(23)13-4-1-2-7-16(13)27(21,24)25/h1-9H,10-11H2. The van der Waals surface area contributed by atoms with Crippen molar-refractivity contribution in [2.24, 2.45) is 0 Å². The van der Waals surface area contributed by atoms with Crippen LogP contribution in [-0.2, 0) is 19.6 Å². The number of rotatable bonds is 5. The first-order valence-corrected chi connectivity index (χ1v) is 9.21. The van der Waals surface area contributed by atoms with Gasteiger partial charge in [-0.15, -0.1) is 0 Å². The van der Waals surface area contributed by atoms with E-state index in [2.05, 4.69) is 0 Å². The average molecular weight is 393 g/mol. The van der Waals surface area contributed by atoms with Gasteiger partial charge in [0.25, 0.3) is 15.9 Å². The molecule has 1 aliphatic heterocycles. The lowest BCUT2D eigenvalue weighted by Gasteiger charge is -2.14. The predicted octanol–water partition coefficient (Wildman–Crippen LogP) is 2.37. The minimum atomic E-state index is -3.98. The van der Waals surface area contributed by atoms with Gasteiger partial charge >= 0.3 is 5.97 Å². The summed E-state index contributed by atoms with van der Waals surface area (Å²) < 4.78 is 57.0. The van der Waals surface area contributed by atoms with E-state index in [9.17, 15) is 26.8 Å². The van der Waals surface area contributed by atoms with Crippen LogP contribution in [0.5, 0.6) is 0 Å². The van der Waals surface area contributed by atoms with Gasteiger partial charge in [0.1, 0.15) is 23.1 Å². The summed E-state index contributed by atoms with van der Waals surface area (Å²) in [5.41, 5.74) is -0.346. The Balaban J connectivity index is 1.61. The van der Waals surface area contributed by atoms with Crippen LogP contribution in [0.25, 0.3) is 6.08 Å². The van der Waals surface area contributed by atoms with E-state index in [1.807, 2.05) is 0 Å². The number of nitrogens with zero attached hydrogens (tertiary/aromatic N) is 1. The maximum absolute atomic E-state index is 13.5. The molecule has 9 heteroatoms. The number of ether oxygens (including phenoxy) is 1. The van der Waals surface area contributed by atoms with Crippen molar-refractivity contribution in [3.63, 3.8) is 0 Å². The van der Waals surface area contributed by atoms with E-state index >= 15 is 0 Å². The first-order chi connectivity index (χ1) is 12.8. The zero-order valence-corrected chi connectivity index (χ0v) is 14.6. The number of carbonyl (C=O) groups excluding carboxylic acids is 2. The van der Waals surface area contributed by atoms with Gasteiger partial charge in [-0.3, -0.25) is 4.79 Å². The zero-order chi connectivity index (χ0) is 19.6. The number of halogens is 2. The minimum absolute atomic E-state index is 0.0544. The fourth-order valence-electron chi connectivity index (χ4n) is 2.55. The van der Waals surface area contributed by atoms with Crippen molar-refractivity contribution in [3.05, 3.63) is 71.3 Å². The van der Waals surface area contributed by atoms with Crippen LogP contribution in [0, 0.1) is 11.6 Å². The van der Waals surface area contributed by atoms with Crippen molar-refractivity contribution in [1.29, 1.82) is 0 Å². The normalized spacial score (nSPS) is 15.2. The molecule has 0 aromatic heterocycles. The van der Waals surface area contributed by atoms with Gasteiger partial charge in [-0.25, -0.2) is 26.3 Å². The lowest BCUT2D eigenvalue weighted by molar-refractivity contribution is -0.137. The van der Waals surface area contributed by atoms with Crippen LogP contribution in [-0.4, -0.2) is 37.8 Å². The second-order valence-electron chi connectivity index (χ2n) is 5.51. The molecule has 0 bridgehead atoms. The van der Waals surface area contributed by atoms with Crippen LogP contribution in [0.1, 0.15) is 15.9 Å². The molecule has 2 aromatic carbocycles. The summed E-state index contributed by atoms with van der Waals surface area (Å²) >= 11 is 0. The SMILES string of the molecule is O=C(C=Cc1c(F)cccc1F)OCCN1C(=O)c2ccccc2S1(=O)=O. The Labute approximate surface area is 153 Å². The van der Waals surface area contributed by atoms with E-state index in [0.717, 1.165) is 24.3 Å². The van der Waals surface area contributed by atoms with Gasteiger partial charge in [-0.1, -0.05) is 18.2 Å². The maximum atomic E-state index is 13.5. The summed E-state index contributed by atoms with van der Waals surface area (Å²) in [5.74, 6) is -3.32. The van der Waals surface area contributed by atoms with Gasteiger partial charge in [-0.05, 0) is 30.3 Å². The maximum Gasteiger partial charge on any atom is 0.330 e. The van der Waals surface area contributed by atoms with E-state index in [-0.39, 0.29) is 17.0 Å². The highest BCUT2D eigenvalue weighted by Crippen LogP contribution is 2.29. The van der Waals surface area contributed by atoms with Crippen LogP contribution in [0.15, 0.2) is 53.4 Å². The molecule has 0 radical (unpaired) electrons. The molecule has 0 N–H and O–H groups in total. The Hall–Kier alpha value is -3.07. The molecule has 0 fully saturated rings. The molecule has 1 heterocycles. The Bertz CT molecular complexity index is 1030. The molecule has 6 nitrogen and oxygen atoms in total. The Kier molecular flexibility index (Phi) is 5.04. The van der Waals surface area contributed by atoms with Gasteiger partial charge in [-0.2, -0.15) is 0 Å². The number of hydrogen-bond acceptors (Lipinski definition) is 5. The molecule has 1 aliphatic rings. The molecule has 1 amide bonds. The molecule has 0 saturated heterocycles. The Morgan fingerprint density at radius 2 is 1.74 bits per heavy atom. The minimum Gasteiger partial charge on any atom is -0.461 e. The van der Waals surface area contributed by atoms with Crippen LogP contribution in [0.4, 0.5) is 8.78 Å². The summed E-state index contributed by atoms with van der Waals surface area (Å²) in [5, 5.41) is 0. The largest absolute Gasteiger partial charge is 0.461 e. The van der Waals surface area contributed by atoms with Crippen LogP contribution < -0.4 is 0 Å². The summed E-state index contributed by atoms with van der Waals surface area (Å²) in [6, 6.07) is 9.02. The van der Waals surface area contributed by atoms with Crippen LogP contribution >= 0.6 is 0 Å². The summed E-state index contributed by atoms with van der Waals surface area (Å²) in [4.78, 5) is 23.7. The molecule has 0 atom stereocenters. The molecule has 3 rings (SSSR count). The number of sulfonamides is 1. The lowest BCUT2D eigenvalue weighted by atomic mass is 10.2. The third-order valence-corrected chi connectivity index (χ3v) is 5.68. The topological polar surface area (TPSA) is 80.8 Å². The van der Waals surface area contributed by atoms with Gasteiger partial charge in [0.2, 0.25) is 0 Å². The molecule has 0 unspecified atom stereocenters. The second-order valence-corrected chi connectivity index (χ2v) is 7.35. The van der Waals surface area contributed by atoms with E-state index in [4.69, 9.17) is 4.74 Å². The second kappa shape index (κ2) is 7.28. The molecular formula is C18H13F2NO5S. The molecule has 2 aromatic rings. The zero-order valence-electron chi connectivity index (χ0n) is 13.8. The molecule has 140 valence electrons. The summed E-state index contributed by atoms with van der Waals surface area (Å²) in [7, 11) is -3.98. The Morgan fingerprint density at radius 3 is 2.41 bits per heavy atom. The summed E-state index contributed by atoms with van der Waals surface area (Å²) in [6.45, 7) is -0.772. The fraction of sp³-hybridized carbons (Fsp3) is 0.111. The van der Waals surface area contributed by atoms with E-state index in [0.29, 0.717) is 4.31 Å². The van der Waals surface area contributed by atoms with Crippen molar-refractivity contribution in [1.82, 2.24) is 4.31 Å². The highest BCUT2D eigenvalue weighted by atomic mass is 32.2. The number of hydrogen-bond donors (Lipinski definition) is 0. The smallest absolute Gasteiger partial charge is 0.330 e. The van der Waals surface area contributed by atoms with Crippen molar-refractivity contribution in [2.75, 3.05) is 13.2 Å². The number of benzene rings is 2. The van der Waals surface area contributed by atoms with Gasteiger partial charge in [0, 0.05) is 11.6 Å². The van der Waals surface area contributed by atoms with E-state index in [1.165, 1.54) is 24.3 Å². The average Bonchev–Trinajstić information content (AvgIpc) is 2.82. The highest BCUT2D eigenvalue weighted by Gasteiger charge is 2.40. The number of amides is 1. The fourth-order valence-corrected chi connectivity index (χ4v) is 4.10. The molecule has 0 spiro atoms. The number of carbonyl (C=O) groups is 2. The van der Waals surface area contributed by atoms with Gasteiger partial charge in [0.05, 0.1) is 12.1 Å². The third-order valence-electron chi connectivity index (χ3n) is 3.84. The number of esters is 1. The summed E-state index contributed by atoms with van der Waals surface area (Å²) in [6.07, 6.45) is 1.73. The number of fused-ring (bicyclic) bond motifs is 1. The molecule has 27 heavy (non-hydrogen) atoms. The van der Waals surface area contributed by atoms with Gasteiger partial charge < -0.3 is 4.74 Å². The quantitative estimate of drug-likeness (QED) is 0.576. The van der Waals surface area contributed by atoms with Crippen LogP contribution in [0.2, 0.25) is 0 Å². The van der Waals surface area contributed by atoms with E-state index in [1.54, 1.807) is 6.07 Å². The van der Waals surface area contributed by atoms with Crippen molar-refractivity contribution in [2.45, 2.75) is 4.90 Å². The first kappa shape index (κ1) is 18.7. The van der Waals surface area contributed by atoms with Crippen molar-refractivity contribution in [3.8, 4) is 0 Å². The lowest BCUT2D eigenvalue weighted by Crippen LogP contribution is -2.33. The van der Waals surface area contributed by atoms with Crippen molar-refractivity contribution < 1.29 is 31.5 Å². The van der Waals surface area contributed by atoms with Crippen LogP contribution in [0.3, 0.4) is 0 Å². The van der Waals surface area contributed by atoms with Gasteiger partial charge in [0.15, 0.2) is 0 Å². The Morgan fingerprint density at radius 1 is 1.07 bits per heavy atom.